The first kappa shape index (κ1) is 14.4. The van der Waals surface area contributed by atoms with Gasteiger partial charge in [-0.2, -0.15) is 0 Å². The van der Waals surface area contributed by atoms with E-state index in [2.05, 4.69) is 38.2 Å². The summed E-state index contributed by atoms with van der Waals surface area (Å²) in [5.74, 6) is 0.656. The van der Waals surface area contributed by atoms with Crippen LogP contribution in [0.3, 0.4) is 0 Å². The quantitative estimate of drug-likeness (QED) is 0.902. The number of fused-ring (bicyclic) bond motifs is 1. The Bertz CT molecular complexity index is 488. The van der Waals surface area contributed by atoms with Crippen molar-refractivity contribution < 1.29 is 4.74 Å². The van der Waals surface area contributed by atoms with Crippen LogP contribution in [-0.2, 0) is 4.74 Å². The zero-order valence-electron chi connectivity index (χ0n) is 12.5. The molecule has 1 aromatic carbocycles. The zero-order chi connectivity index (χ0) is 14.3. The van der Waals surface area contributed by atoms with E-state index in [-0.39, 0.29) is 11.5 Å². The highest BCUT2D eigenvalue weighted by atomic mass is 35.5. The van der Waals surface area contributed by atoms with Crippen molar-refractivity contribution in [3.63, 3.8) is 0 Å². The van der Waals surface area contributed by atoms with Crippen molar-refractivity contribution in [3.8, 4) is 0 Å². The van der Waals surface area contributed by atoms with Crippen molar-refractivity contribution >= 4 is 11.6 Å². The van der Waals surface area contributed by atoms with Crippen molar-refractivity contribution in [1.29, 1.82) is 0 Å². The highest BCUT2D eigenvalue weighted by Gasteiger charge is 2.57. The highest BCUT2D eigenvalue weighted by Crippen LogP contribution is 2.52. The number of halogens is 1. The minimum absolute atomic E-state index is 0.209. The zero-order valence-corrected chi connectivity index (χ0v) is 13.3. The molecule has 0 spiro atoms. The van der Waals surface area contributed by atoms with Gasteiger partial charge in [0, 0.05) is 35.0 Å². The molecule has 2 fully saturated rings. The van der Waals surface area contributed by atoms with Crippen LogP contribution in [0.1, 0.15) is 45.2 Å². The van der Waals surface area contributed by atoms with Gasteiger partial charge in [0.25, 0.3) is 0 Å². The number of rotatable bonds is 3. The fourth-order valence-electron chi connectivity index (χ4n) is 4.05. The molecule has 0 bridgehead atoms. The molecule has 1 aliphatic carbocycles. The summed E-state index contributed by atoms with van der Waals surface area (Å²) in [5.41, 5.74) is 1.39. The third kappa shape index (κ3) is 2.28. The Morgan fingerprint density at radius 2 is 2.10 bits per heavy atom. The first-order valence-corrected chi connectivity index (χ1v) is 8.01. The van der Waals surface area contributed by atoms with E-state index in [4.69, 9.17) is 16.3 Å². The largest absolute Gasteiger partial charge is 0.377 e. The lowest BCUT2D eigenvalue weighted by atomic mass is 9.55. The predicted octanol–water partition coefficient (Wildman–Crippen LogP) is 4.19. The normalized spacial score (nSPS) is 33.1. The Kier molecular flexibility index (Phi) is 3.83. The topological polar surface area (TPSA) is 21.3 Å². The van der Waals surface area contributed by atoms with Crippen LogP contribution in [0.15, 0.2) is 24.3 Å². The monoisotopic (exact) mass is 293 g/mol. The Balaban J connectivity index is 1.73. The van der Waals surface area contributed by atoms with Crippen molar-refractivity contribution in [2.45, 2.75) is 51.8 Å². The molecule has 1 saturated carbocycles. The van der Waals surface area contributed by atoms with E-state index in [1.807, 2.05) is 12.1 Å². The Hall–Kier alpha value is -0.570. The summed E-state index contributed by atoms with van der Waals surface area (Å²) in [5, 5.41) is 4.65. The van der Waals surface area contributed by atoms with Crippen LogP contribution in [-0.4, -0.2) is 18.8 Å². The smallest absolute Gasteiger partial charge is 0.0684 e. The molecule has 1 aliphatic heterocycles. The molecule has 1 saturated heterocycles. The molecule has 4 atom stereocenters. The van der Waals surface area contributed by atoms with E-state index < -0.39 is 0 Å². The first-order valence-electron chi connectivity index (χ1n) is 7.64. The van der Waals surface area contributed by atoms with Crippen LogP contribution in [0.25, 0.3) is 0 Å². The highest BCUT2D eigenvalue weighted by molar-refractivity contribution is 6.31. The van der Waals surface area contributed by atoms with Crippen LogP contribution in [0, 0.1) is 11.3 Å². The molecule has 3 heteroatoms. The fraction of sp³-hybridized carbons (Fsp3) is 0.647. The molecule has 4 unspecified atom stereocenters. The third-order valence-corrected chi connectivity index (χ3v) is 5.48. The van der Waals surface area contributed by atoms with Gasteiger partial charge in [-0.25, -0.2) is 0 Å². The summed E-state index contributed by atoms with van der Waals surface area (Å²) in [6.07, 6.45) is 2.89. The van der Waals surface area contributed by atoms with Crippen molar-refractivity contribution in [1.82, 2.24) is 5.32 Å². The average molecular weight is 294 g/mol. The van der Waals surface area contributed by atoms with Gasteiger partial charge in [-0.05, 0) is 31.4 Å². The fourth-order valence-corrected chi connectivity index (χ4v) is 4.35. The number of hydrogen-bond acceptors (Lipinski definition) is 2. The molecule has 1 aromatic rings. The van der Waals surface area contributed by atoms with E-state index in [1.54, 1.807) is 0 Å². The standard InChI is InChI=1S/C17H24ClNO/c1-11(12-7-4-5-9-14(12)18)19-15-13-8-6-10-20-16(13)17(15,2)3/h4-5,7,9,11,13,15-16,19H,6,8,10H2,1-3H3. The van der Waals surface area contributed by atoms with E-state index >= 15 is 0 Å². The average Bonchev–Trinajstić information content (AvgIpc) is 2.45. The number of ether oxygens (including phenoxy) is 1. The second kappa shape index (κ2) is 5.32. The van der Waals surface area contributed by atoms with E-state index in [0.29, 0.717) is 18.1 Å². The molecule has 20 heavy (non-hydrogen) atoms. The second-order valence-corrected chi connectivity index (χ2v) is 7.21. The van der Waals surface area contributed by atoms with Gasteiger partial charge in [0.1, 0.15) is 0 Å². The molecule has 1 heterocycles. The van der Waals surface area contributed by atoms with E-state index in [1.165, 1.54) is 18.4 Å². The SMILES string of the molecule is CC(NC1C2CCCOC2C1(C)C)c1ccccc1Cl. The maximum Gasteiger partial charge on any atom is 0.0684 e. The van der Waals surface area contributed by atoms with Gasteiger partial charge in [0.05, 0.1) is 6.10 Å². The van der Waals surface area contributed by atoms with Crippen LogP contribution in [0.2, 0.25) is 5.02 Å². The van der Waals surface area contributed by atoms with Gasteiger partial charge in [0.15, 0.2) is 0 Å². The molecule has 2 aliphatic rings. The van der Waals surface area contributed by atoms with Crippen LogP contribution in [0.5, 0.6) is 0 Å². The predicted molar refractivity (Wildman–Crippen MR) is 83.0 cm³/mol. The van der Waals surface area contributed by atoms with Gasteiger partial charge in [-0.1, -0.05) is 43.6 Å². The van der Waals surface area contributed by atoms with Gasteiger partial charge in [0.2, 0.25) is 0 Å². The molecule has 0 radical (unpaired) electrons. The Morgan fingerprint density at radius 1 is 1.35 bits per heavy atom. The lowest BCUT2D eigenvalue weighted by molar-refractivity contribution is -0.194. The first-order chi connectivity index (χ1) is 9.51. The molecule has 2 nitrogen and oxygen atoms in total. The maximum atomic E-state index is 6.31. The summed E-state index contributed by atoms with van der Waals surface area (Å²) >= 11 is 6.31. The lowest BCUT2D eigenvalue weighted by Crippen LogP contribution is -2.69. The molecule has 0 aromatic heterocycles. The van der Waals surface area contributed by atoms with Crippen molar-refractivity contribution in [3.05, 3.63) is 34.9 Å². The van der Waals surface area contributed by atoms with Gasteiger partial charge in [-0.3, -0.25) is 0 Å². The minimum Gasteiger partial charge on any atom is -0.377 e. The summed E-state index contributed by atoms with van der Waals surface area (Å²) in [4.78, 5) is 0. The van der Waals surface area contributed by atoms with Crippen LogP contribution < -0.4 is 5.32 Å². The van der Waals surface area contributed by atoms with Gasteiger partial charge in [-0.15, -0.1) is 0 Å². The van der Waals surface area contributed by atoms with Crippen molar-refractivity contribution in [2.75, 3.05) is 6.61 Å². The third-order valence-electron chi connectivity index (χ3n) is 5.13. The molecular weight excluding hydrogens is 270 g/mol. The van der Waals surface area contributed by atoms with E-state index in [0.717, 1.165) is 11.6 Å². The van der Waals surface area contributed by atoms with Gasteiger partial charge >= 0.3 is 0 Å². The number of nitrogens with one attached hydrogen (secondary N) is 1. The number of hydrogen-bond donors (Lipinski definition) is 1. The summed E-state index contributed by atoms with van der Waals surface area (Å²) in [6.45, 7) is 7.76. The molecular formula is C17H24ClNO. The number of benzene rings is 1. The molecule has 1 N–H and O–H groups in total. The van der Waals surface area contributed by atoms with Crippen LogP contribution >= 0.6 is 11.6 Å². The molecule has 3 rings (SSSR count). The van der Waals surface area contributed by atoms with Crippen molar-refractivity contribution in [2.24, 2.45) is 11.3 Å². The van der Waals surface area contributed by atoms with E-state index in [9.17, 15) is 0 Å². The maximum absolute atomic E-state index is 6.31. The summed E-state index contributed by atoms with van der Waals surface area (Å²) in [6, 6.07) is 8.90. The second-order valence-electron chi connectivity index (χ2n) is 6.81. The molecule has 110 valence electrons. The minimum atomic E-state index is 0.209. The van der Waals surface area contributed by atoms with Gasteiger partial charge < -0.3 is 10.1 Å². The Labute approximate surface area is 126 Å². The van der Waals surface area contributed by atoms with Crippen LogP contribution in [0.4, 0.5) is 0 Å². The molecule has 0 amide bonds. The lowest BCUT2D eigenvalue weighted by Gasteiger charge is -2.60. The summed E-state index contributed by atoms with van der Waals surface area (Å²) < 4.78 is 5.97. The summed E-state index contributed by atoms with van der Waals surface area (Å²) in [7, 11) is 0. The Morgan fingerprint density at radius 3 is 2.85 bits per heavy atom.